The zero-order valence-electron chi connectivity index (χ0n) is 15.6. The SMILES string of the molecule is CCOc1c(C(=O)c2cc(C)c(S(=O)(=O)CC)c(C)c2Cl)cnn1CC. The van der Waals surface area contributed by atoms with Gasteiger partial charge in [0.2, 0.25) is 11.7 Å². The molecule has 0 aliphatic carbocycles. The molecule has 8 heteroatoms. The number of hydrogen-bond donors (Lipinski definition) is 0. The first kappa shape index (κ1) is 20.5. The molecule has 0 spiro atoms. The second-order valence-corrected chi connectivity index (χ2v) is 8.45. The van der Waals surface area contributed by atoms with Gasteiger partial charge >= 0.3 is 0 Å². The number of benzene rings is 1. The Balaban J connectivity index is 2.64. The summed E-state index contributed by atoms with van der Waals surface area (Å²) in [6.07, 6.45) is 1.45. The summed E-state index contributed by atoms with van der Waals surface area (Å²) in [6, 6.07) is 1.53. The average Bonchev–Trinajstić information content (AvgIpc) is 3.00. The third-order valence-electron chi connectivity index (χ3n) is 4.18. The van der Waals surface area contributed by atoms with Crippen LogP contribution in [0.4, 0.5) is 0 Å². The van der Waals surface area contributed by atoms with Crippen molar-refractivity contribution < 1.29 is 17.9 Å². The summed E-state index contributed by atoms with van der Waals surface area (Å²) in [6.45, 7) is 9.54. The van der Waals surface area contributed by atoms with Crippen molar-refractivity contribution in [2.24, 2.45) is 0 Å². The van der Waals surface area contributed by atoms with E-state index in [0.717, 1.165) is 0 Å². The van der Waals surface area contributed by atoms with Crippen LogP contribution in [0.3, 0.4) is 0 Å². The number of halogens is 1. The molecule has 1 heterocycles. The van der Waals surface area contributed by atoms with Gasteiger partial charge in [-0.3, -0.25) is 4.79 Å². The van der Waals surface area contributed by atoms with Gasteiger partial charge in [-0.25, -0.2) is 13.1 Å². The third kappa shape index (κ3) is 3.50. The lowest BCUT2D eigenvalue weighted by atomic mass is 10.0. The molecule has 0 N–H and O–H groups in total. The van der Waals surface area contributed by atoms with Crippen molar-refractivity contribution in [2.75, 3.05) is 12.4 Å². The lowest BCUT2D eigenvalue weighted by molar-refractivity contribution is 0.103. The fourth-order valence-electron chi connectivity index (χ4n) is 2.92. The molecule has 0 saturated carbocycles. The topological polar surface area (TPSA) is 78.3 Å². The molecule has 2 rings (SSSR count). The number of aromatic nitrogens is 2. The van der Waals surface area contributed by atoms with Crippen molar-refractivity contribution >= 4 is 27.2 Å². The highest BCUT2D eigenvalue weighted by Gasteiger charge is 2.27. The highest BCUT2D eigenvalue weighted by molar-refractivity contribution is 7.91. The van der Waals surface area contributed by atoms with Gasteiger partial charge in [0.05, 0.1) is 28.5 Å². The summed E-state index contributed by atoms with van der Waals surface area (Å²) in [4.78, 5) is 13.3. The number of aryl methyl sites for hydroxylation is 2. The molecule has 0 saturated heterocycles. The molecule has 0 aliphatic heterocycles. The highest BCUT2D eigenvalue weighted by atomic mass is 35.5. The van der Waals surface area contributed by atoms with Crippen LogP contribution in [0.1, 0.15) is 47.8 Å². The Morgan fingerprint density at radius 1 is 1.23 bits per heavy atom. The number of carbonyl (C=O) groups excluding carboxylic acids is 1. The van der Waals surface area contributed by atoms with Crippen LogP contribution in [0.15, 0.2) is 17.2 Å². The molecule has 0 bridgehead atoms. The molecule has 0 fully saturated rings. The molecule has 0 aliphatic rings. The van der Waals surface area contributed by atoms with E-state index >= 15 is 0 Å². The number of rotatable bonds is 7. The van der Waals surface area contributed by atoms with E-state index in [4.69, 9.17) is 16.3 Å². The molecule has 0 atom stereocenters. The number of sulfone groups is 1. The zero-order valence-corrected chi connectivity index (χ0v) is 17.2. The van der Waals surface area contributed by atoms with Crippen molar-refractivity contribution in [3.05, 3.63) is 39.5 Å². The van der Waals surface area contributed by atoms with Gasteiger partial charge in [0.25, 0.3) is 0 Å². The molecule has 1 aromatic carbocycles. The first-order valence-electron chi connectivity index (χ1n) is 8.45. The second kappa shape index (κ2) is 7.80. The molecule has 142 valence electrons. The predicted molar refractivity (Wildman–Crippen MR) is 101 cm³/mol. The van der Waals surface area contributed by atoms with Crippen LogP contribution in [0, 0.1) is 13.8 Å². The molecule has 0 radical (unpaired) electrons. The largest absolute Gasteiger partial charge is 0.478 e. The summed E-state index contributed by atoms with van der Waals surface area (Å²) >= 11 is 6.39. The maximum atomic E-state index is 13.1. The van der Waals surface area contributed by atoms with Crippen molar-refractivity contribution in [3.63, 3.8) is 0 Å². The van der Waals surface area contributed by atoms with Crippen LogP contribution in [0.25, 0.3) is 0 Å². The second-order valence-electron chi connectivity index (χ2n) is 5.85. The molecular weight excluding hydrogens is 376 g/mol. The maximum absolute atomic E-state index is 13.1. The molecular formula is C18H23ClN2O4S. The smallest absolute Gasteiger partial charge is 0.223 e. The van der Waals surface area contributed by atoms with Gasteiger partial charge in [0.15, 0.2) is 9.84 Å². The maximum Gasteiger partial charge on any atom is 0.223 e. The number of hydrogen-bond acceptors (Lipinski definition) is 5. The summed E-state index contributed by atoms with van der Waals surface area (Å²) < 4.78 is 31.9. The van der Waals surface area contributed by atoms with Gasteiger partial charge < -0.3 is 4.74 Å². The molecule has 6 nitrogen and oxygen atoms in total. The minimum absolute atomic E-state index is 0.0317. The van der Waals surface area contributed by atoms with E-state index in [1.807, 2.05) is 13.8 Å². The minimum Gasteiger partial charge on any atom is -0.478 e. The molecule has 26 heavy (non-hydrogen) atoms. The van der Waals surface area contributed by atoms with E-state index in [2.05, 4.69) is 5.10 Å². The van der Waals surface area contributed by atoms with E-state index in [1.54, 1.807) is 25.5 Å². The number of carbonyl (C=O) groups is 1. The number of nitrogens with zero attached hydrogens (tertiary/aromatic N) is 2. The van der Waals surface area contributed by atoms with Gasteiger partial charge in [-0.05, 0) is 44.9 Å². The standard InChI is InChI=1S/C18H23ClN2O4S/c1-6-21-18(25-7-2)14(10-20-21)16(22)13-9-11(4)17(12(5)15(13)19)26(23,24)8-3/h9-10H,6-8H2,1-5H3. The quantitative estimate of drug-likeness (QED) is 0.666. The first-order valence-corrected chi connectivity index (χ1v) is 10.5. The minimum atomic E-state index is -3.44. The van der Waals surface area contributed by atoms with E-state index in [-0.39, 0.29) is 27.0 Å². The van der Waals surface area contributed by atoms with E-state index in [1.165, 1.54) is 12.3 Å². The highest BCUT2D eigenvalue weighted by Crippen LogP contribution is 2.33. The Bertz CT molecular complexity index is 949. The lowest BCUT2D eigenvalue weighted by Gasteiger charge is -2.15. The van der Waals surface area contributed by atoms with Crippen LogP contribution in [-0.2, 0) is 16.4 Å². The molecule has 2 aromatic rings. The van der Waals surface area contributed by atoms with Crippen molar-refractivity contribution in [1.82, 2.24) is 9.78 Å². The summed E-state index contributed by atoms with van der Waals surface area (Å²) in [5, 5.41) is 4.31. The van der Waals surface area contributed by atoms with Crippen molar-refractivity contribution in [2.45, 2.75) is 46.1 Å². The Kier molecular flexibility index (Phi) is 6.13. The lowest BCUT2D eigenvalue weighted by Crippen LogP contribution is -2.12. The van der Waals surface area contributed by atoms with Gasteiger partial charge in [-0.15, -0.1) is 0 Å². The van der Waals surface area contributed by atoms with Crippen molar-refractivity contribution in [1.29, 1.82) is 0 Å². The van der Waals surface area contributed by atoms with E-state index in [0.29, 0.717) is 35.7 Å². The Hall–Kier alpha value is -1.86. The van der Waals surface area contributed by atoms with Gasteiger partial charge in [-0.2, -0.15) is 5.10 Å². The fourth-order valence-corrected chi connectivity index (χ4v) is 4.62. The molecule has 1 aromatic heterocycles. The van der Waals surface area contributed by atoms with Crippen LogP contribution < -0.4 is 4.74 Å². The first-order chi connectivity index (χ1) is 12.2. The predicted octanol–water partition coefficient (Wildman–Crippen LogP) is 3.60. The third-order valence-corrected chi connectivity index (χ3v) is 6.67. The fraction of sp³-hybridized carbons (Fsp3) is 0.444. The average molecular weight is 399 g/mol. The van der Waals surface area contributed by atoms with Crippen LogP contribution in [-0.4, -0.2) is 36.3 Å². The Labute approximate surface area is 159 Å². The van der Waals surface area contributed by atoms with Crippen LogP contribution in [0.2, 0.25) is 5.02 Å². The van der Waals surface area contributed by atoms with E-state index < -0.39 is 9.84 Å². The normalized spacial score (nSPS) is 11.6. The van der Waals surface area contributed by atoms with Crippen LogP contribution >= 0.6 is 11.6 Å². The summed E-state index contributed by atoms with van der Waals surface area (Å²) in [7, 11) is -3.44. The monoisotopic (exact) mass is 398 g/mol. The Morgan fingerprint density at radius 2 is 1.88 bits per heavy atom. The number of ether oxygens (including phenoxy) is 1. The van der Waals surface area contributed by atoms with Crippen LogP contribution in [0.5, 0.6) is 5.88 Å². The van der Waals surface area contributed by atoms with Gasteiger partial charge in [0, 0.05) is 12.1 Å². The van der Waals surface area contributed by atoms with Gasteiger partial charge in [0.1, 0.15) is 5.56 Å². The molecule has 0 amide bonds. The summed E-state index contributed by atoms with van der Waals surface area (Å²) in [5.41, 5.74) is 1.43. The Morgan fingerprint density at radius 3 is 2.42 bits per heavy atom. The van der Waals surface area contributed by atoms with Crippen molar-refractivity contribution in [3.8, 4) is 5.88 Å². The number of ketones is 1. The zero-order chi connectivity index (χ0) is 19.6. The summed E-state index contributed by atoms with van der Waals surface area (Å²) in [5.74, 6) is 0.0113. The van der Waals surface area contributed by atoms with E-state index in [9.17, 15) is 13.2 Å². The van der Waals surface area contributed by atoms with Gasteiger partial charge in [-0.1, -0.05) is 18.5 Å². The molecule has 0 unspecified atom stereocenters.